The highest BCUT2D eigenvalue weighted by Gasteiger charge is 2.20. The van der Waals surface area contributed by atoms with E-state index in [1.807, 2.05) is 13.0 Å². The van der Waals surface area contributed by atoms with E-state index in [1.54, 1.807) is 12.3 Å². The first-order valence-electron chi connectivity index (χ1n) is 5.51. The van der Waals surface area contributed by atoms with Gasteiger partial charge in [-0.2, -0.15) is 0 Å². The van der Waals surface area contributed by atoms with Gasteiger partial charge in [0.05, 0.1) is 12.2 Å². The molecule has 0 amide bonds. The van der Waals surface area contributed by atoms with Crippen LogP contribution in [0.25, 0.3) is 0 Å². The highest BCUT2D eigenvalue weighted by atomic mass is 32.2. The SMILES string of the molecule is Cc1cccnc1CNS(=O)(=O)c1ncccc1F. The van der Waals surface area contributed by atoms with E-state index in [0.29, 0.717) is 5.69 Å². The first kappa shape index (κ1) is 13.6. The Hall–Kier alpha value is -1.86. The van der Waals surface area contributed by atoms with E-state index in [1.165, 1.54) is 12.3 Å². The minimum Gasteiger partial charge on any atom is -0.260 e. The molecule has 0 radical (unpaired) electrons. The zero-order valence-corrected chi connectivity index (χ0v) is 11.0. The van der Waals surface area contributed by atoms with Gasteiger partial charge in [0.1, 0.15) is 0 Å². The van der Waals surface area contributed by atoms with E-state index in [0.717, 1.165) is 11.6 Å². The molecule has 2 aromatic heterocycles. The number of sulfonamides is 1. The molecule has 0 aliphatic heterocycles. The predicted molar refractivity (Wildman–Crippen MR) is 67.2 cm³/mol. The summed E-state index contributed by atoms with van der Waals surface area (Å²) in [7, 11) is -3.98. The topological polar surface area (TPSA) is 72.0 Å². The number of rotatable bonds is 4. The zero-order valence-electron chi connectivity index (χ0n) is 10.2. The molecule has 2 heterocycles. The Morgan fingerprint density at radius 3 is 2.58 bits per heavy atom. The fourth-order valence-corrected chi connectivity index (χ4v) is 2.49. The van der Waals surface area contributed by atoms with Gasteiger partial charge in [-0.15, -0.1) is 0 Å². The lowest BCUT2D eigenvalue weighted by Crippen LogP contribution is -2.26. The number of aryl methyl sites for hydroxylation is 1. The third-order valence-electron chi connectivity index (χ3n) is 2.53. The Morgan fingerprint density at radius 2 is 1.89 bits per heavy atom. The second-order valence-electron chi connectivity index (χ2n) is 3.88. The van der Waals surface area contributed by atoms with Gasteiger partial charge < -0.3 is 0 Å². The van der Waals surface area contributed by atoms with E-state index >= 15 is 0 Å². The van der Waals surface area contributed by atoms with Crippen molar-refractivity contribution in [3.05, 3.63) is 53.7 Å². The van der Waals surface area contributed by atoms with Crippen LogP contribution in [-0.2, 0) is 16.6 Å². The number of hydrogen-bond acceptors (Lipinski definition) is 4. The predicted octanol–water partition coefficient (Wildman–Crippen LogP) is 1.40. The Labute approximate surface area is 110 Å². The monoisotopic (exact) mass is 281 g/mol. The summed E-state index contributed by atoms with van der Waals surface area (Å²) < 4.78 is 39.5. The Morgan fingerprint density at radius 1 is 1.21 bits per heavy atom. The first-order chi connectivity index (χ1) is 9.00. The summed E-state index contributed by atoms with van der Waals surface area (Å²) in [5.41, 5.74) is 1.44. The van der Waals surface area contributed by atoms with Crippen molar-refractivity contribution in [1.82, 2.24) is 14.7 Å². The van der Waals surface area contributed by atoms with E-state index in [4.69, 9.17) is 0 Å². The number of nitrogens with one attached hydrogen (secondary N) is 1. The van der Waals surface area contributed by atoms with Gasteiger partial charge in [0.2, 0.25) is 5.03 Å². The fourth-order valence-electron chi connectivity index (χ4n) is 1.50. The lowest BCUT2D eigenvalue weighted by molar-refractivity contribution is 0.544. The molecule has 2 aromatic rings. The Balaban J connectivity index is 2.20. The molecule has 7 heteroatoms. The summed E-state index contributed by atoms with van der Waals surface area (Å²) in [6, 6.07) is 5.95. The van der Waals surface area contributed by atoms with Crippen LogP contribution < -0.4 is 4.72 Å². The van der Waals surface area contributed by atoms with Crippen molar-refractivity contribution in [1.29, 1.82) is 0 Å². The molecule has 100 valence electrons. The van der Waals surface area contributed by atoms with Gasteiger partial charge in [0.15, 0.2) is 5.82 Å². The summed E-state index contributed by atoms with van der Waals surface area (Å²) in [6.45, 7) is 1.81. The Bertz CT molecular complexity index is 689. The van der Waals surface area contributed by atoms with Crippen LogP contribution >= 0.6 is 0 Å². The van der Waals surface area contributed by atoms with E-state index in [2.05, 4.69) is 14.7 Å². The number of aromatic nitrogens is 2. The third-order valence-corrected chi connectivity index (χ3v) is 3.86. The highest BCUT2D eigenvalue weighted by molar-refractivity contribution is 7.89. The van der Waals surface area contributed by atoms with E-state index < -0.39 is 20.9 Å². The lowest BCUT2D eigenvalue weighted by atomic mass is 10.2. The quantitative estimate of drug-likeness (QED) is 0.919. The Kier molecular flexibility index (Phi) is 3.87. The minimum absolute atomic E-state index is 0.00891. The number of pyridine rings is 2. The molecule has 1 N–H and O–H groups in total. The largest absolute Gasteiger partial charge is 0.261 e. The van der Waals surface area contributed by atoms with Crippen molar-refractivity contribution in [2.75, 3.05) is 0 Å². The maximum atomic E-state index is 13.4. The van der Waals surface area contributed by atoms with E-state index in [-0.39, 0.29) is 6.54 Å². The summed E-state index contributed by atoms with van der Waals surface area (Å²) >= 11 is 0. The van der Waals surface area contributed by atoms with Gasteiger partial charge in [-0.05, 0) is 30.7 Å². The van der Waals surface area contributed by atoms with Crippen LogP contribution in [0.15, 0.2) is 41.7 Å². The number of halogens is 1. The van der Waals surface area contributed by atoms with Gasteiger partial charge in [0.25, 0.3) is 10.0 Å². The summed E-state index contributed by atoms with van der Waals surface area (Å²) in [4.78, 5) is 7.60. The second kappa shape index (κ2) is 5.41. The third kappa shape index (κ3) is 3.12. The zero-order chi connectivity index (χ0) is 13.9. The second-order valence-corrected chi connectivity index (χ2v) is 5.56. The molecule has 0 saturated carbocycles. The van der Waals surface area contributed by atoms with Crippen LogP contribution in [0.4, 0.5) is 4.39 Å². The van der Waals surface area contributed by atoms with Gasteiger partial charge in [-0.25, -0.2) is 22.5 Å². The van der Waals surface area contributed by atoms with Crippen molar-refractivity contribution < 1.29 is 12.8 Å². The van der Waals surface area contributed by atoms with Gasteiger partial charge in [0, 0.05) is 12.4 Å². The van der Waals surface area contributed by atoms with Crippen molar-refractivity contribution in [2.24, 2.45) is 0 Å². The summed E-state index contributed by atoms with van der Waals surface area (Å²) in [6.07, 6.45) is 2.79. The summed E-state index contributed by atoms with van der Waals surface area (Å²) in [5.74, 6) is -0.882. The highest BCUT2D eigenvalue weighted by Crippen LogP contribution is 2.11. The van der Waals surface area contributed by atoms with Gasteiger partial charge >= 0.3 is 0 Å². The average molecular weight is 281 g/mol. The van der Waals surface area contributed by atoms with Crippen molar-refractivity contribution >= 4 is 10.0 Å². The summed E-state index contributed by atoms with van der Waals surface area (Å²) in [5, 5.41) is -0.608. The normalized spacial score (nSPS) is 11.5. The molecule has 0 aliphatic rings. The molecule has 0 aromatic carbocycles. The molecule has 19 heavy (non-hydrogen) atoms. The molecule has 0 unspecified atom stereocenters. The van der Waals surface area contributed by atoms with Crippen LogP contribution in [0.5, 0.6) is 0 Å². The maximum absolute atomic E-state index is 13.4. The number of hydrogen-bond donors (Lipinski definition) is 1. The fraction of sp³-hybridized carbons (Fsp3) is 0.167. The molecule has 0 aliphatic carbocycles. The van der Waals surface area contributed by atoms with Crippen molar-refractivity contribution in [3.63, 3.8) is 0 Å². The van der Waals surface area contributed by atoms with Gasteiger partial charge in [-0.1, -0.05) is 6.07 Å². The van der Waals surface area contributed by atoms with Crippen LogP contribution in [0.3, 0.4) is 0 Å². The van der Waals surface area contributed by atoms with Crippen molar-refractivity contribution in [3.8, 4) is 0 Å². The standard InChI is InChI=1S/C12H12FN3O2S/c1-9-4-2-6-14-11(9)8-16-19(17,18)12-10(13)5-3-7-15-12/h2-7,16H,8H2,1H3. The van der Waals surface area contributed by atoms with Crippen molar-refractivity contribution in [2.45, 2.75) is 18.5 Å². The van der Waals surface area contributed by atoms with Gasteiger partial charge in [-0.3, -0.25) is 4.98 Å². The maximum Gasteiger partial charge on any atom is 0.261 e. The van der Waals surface area contributed by atoms with Crippen LogP contribution in [-0.4, -0.2) is 18.4 Å². The van der Waals surface area contributed by atoms with Crippen LogP contribution in [0, 0.1) is 12.7 Å². The minimum atomic E-state index is -3.98. The number of nitrogens with zero attached hydrogens (tertiary/aromatic N) is 2. The molecule has 0 bridgehead atoms. The smallest absolute Gasteiger partial charge is 0.260 e. The molecular formula is C12H12FN3O2S. The molecule has 0 saturated heterocycles. The molecule has 5 nitrogen and oxygen atoms in total. The average Bonchev–Trinajstić information content (AvgIpc) is 2.38. The molecule has 0 fully saturated rings. The lowest BCUT2D eigenvalue weighted by Gasteiger charge is -2.07. The molecular weight excluding hydrogens is 269 g/mol. The molecule has 0 atom stereocenters. The molecule has 0 spiro atoms. The van der Waals surface area contributed by atoms with E-state index in [9.17, 15) is 12.8 Å². The van der Waals surface area contributed by atoms with Crippen LogP contribution in [0.1, 0.15) is 11.3 Å². The molecule has 2 rings (SSSR count). The van der Waals surface area contributed by atoms with Crippen LogP contribution in [0.2, 0.25) is 0 Å². The first-order valence-corrected chi connectivity index (χ1v) is 7.00.